The summed E-state index contributed by atoms with van der Waals surface area (Å²) in [5.74, 6) is 1.20. The first kappa shape index (κ1) is 20.2. The van der Waals surface area contributed by atoms with Crippen LogP contribution in [0.4, 0.5) is 0 Å². The Balaban J connectivity index is 1.44. The van der Waals surface area contributed by atoms with Gasteiger partial charge in [-0.3, -0.25) is 4.79 Å². The summed E-state index contributed by atoms with van der Waals surface area (Å²) in [6, 6.07) is 17.4. The number of benzene rings is 2. The lowest BCUT2D eigenvalue weighted by atomic mass is 10.0. The molecule has 0 bridgehead atoms. The van der Waals surface area contributed by atoms with Crippen LogP contribution in [0.3, 0.4) is 0 Å². The number of furan rings is 1. The topological polar surface area (TPSA) is 62.8 Å². The van der Waals surface area contributed by atoms with Gasteiger partial charge >= 0.3 is 0 Å². The number of hydrogen-bond donors (Lipinski definition) is 1. The predicted octanol–water partition coefficient (Wildman–Crippen LogP) is 6.60. The minimum atomic E-state index is -0.0922. The smallest absolute Gasteiger partial charge is 0.228 e. The van der Waals surface area contributed by atoms with Crippen LogP contribution < -0.4 is 0 Å². The fraction of sp³-hybridized carbons (Fsp3) is 0.200. The maximum absolute atomic E-state index is 12.8. The Bertz CT molecular complexity index is 1090. The second-order valence-corrected chi connectivity index (χ2v) is 8.35. The monoisotopic (exact) mass is 417 g/mol. The number of aryl methyl sites for hydroxylation is 1. The maximum Gasteiger partial charge on any atom is 0.228 e. The van der Waals surface area contributed by atoms with E-state index in [2.05, 4.69) is 18.2 Å². The minimum Gasteiger partial charge on any atom is -0.457 e. The third-order valence-corrected chi connectivity index (χ3v) is 6.06. The summed E-state index contributed by atoms with van der Waals surface area (Å²) in [6.07, 6.45) is 7.59. The zero-order chi connectivity index (χ0) is 20.9. The first-order chi connectivity index (χ1) is 14.7. The third-order valence-electron chi connectivity index (χ3n) is 5.05. The van der Waals surface area contributed by atoms with Crippen molar-refractivity contribution < 1.29 is 14.4 Å². The lowest BCUT2D eigenvalue weighted by molar-refractivity contribution is 0.101. The maximum atomic E-state index is 12.8. The van der Waals surface area contributed by atoms with Gasteiger partial charge in [0.15, 0.2) is 5.76 Å². The fourth-order valence-corrected chi connectivity index (χ4v) is 4.29. The second-order valence-electron chi connectivity index (χ2n) is 7.21. The van der Waals surface area contributed by atoms with Crippen LogP contribution in [0, 0.1) is 0 Å². The highest BCUT2D eigenvalue weighted by Crippen LogP contribution is 2.29. The number of carbonyl (C=O) groups excluding carboxylic acids is 1. The number of carbonyl (C=O) groups is 1. The van der Waals surface area contributed by atoms with Crippen molar-refractivity contribution >= 4 is 29.3 Å². The fourth-order valence-electron chi connectivity index (χ4n) is 3.47. The van der Waals surface area contributed by atoms with Crippen LogP contribution in [0.15, 0.2) is 80.0 Å². The van der Waals surface area contributed by atoms with Crippen LogP contribution >= 0.6 is 11.8 Å². The molecule has 0 atom stereocenters. The Hall–Kier alpha value is -3.05. The standard InChI is InChI=1S/C25H23NO3S/c1-2-5-22(26-28)17-8-12-20(13-9-17)30-21-14-10-18(11-15-21)25(27)24-16-19-6-3-4-7-23(19)29-24/h3,6,8-16,28H,2,4-5,7H2,1H3/b26-22+. The van der Waals surface area contributed by atoms with Gasteiger partial charge in [-0.1, -0.05) is 54.5 Å². The highest BCUT2D eigenvalue weighted by molar-refractivity contribution is 7.99. The summed E-state index contributed by atoms with van der Waals surface area (Å²) < 4.78 is 5.77. The van der Waals surface area contributed by atoms with E-state index in [1.807, 2.05) is 60.7 Å². The molecule has 30 heavy (non-hydrogen) atoms. The van der Waals surface area contributed by atoms with Crippen molar-refractivity contribution in [3.05, 3.63) is 88.9 Å². The Labute approximate surface area is 180 Å². The van der Waals surface area contributed by atoms with Crippen molar-refractivity contribution in [1.82, 2.24) is 0 Å². The van der Waals surface area contributed by atoms with Gasteiger partial charge in [0.25, 0.3) is 0 Å². The average Bonchev–Trinajstić information content (AvgIpc) is 3.22. The van der Waals surface area contributed by atoms with E-state index in [0.717, 1.165) is 52.4 Å². The Morgan fingerprint density at radius 2 is 1.73 bits per heavy atom. The lowest BCUT2D eigenvalue weighted by Crippen LogP contribution is -2.00. The molecule has 0 unspecified atom stereocenters. The van der Waals surface area contributed by atoms with E-state index >= 15 is 0 Å². The molecule has 152 valence electrons. The first-order valence-corrected chi connectivity index (χ1v) is 10.9. The Morgan fingerprint density at radius 3 is 2.33 bits per heavy atom. The highest BCUT2D eigenvalue weighted by Gasteiger charge is 2.18. The summed E-state index contributed by atoms with van der Waals surface area (Å²) in [7, 11) is 0. The molecule has 5 heteroatoms. The minimum absolute atomic E-state index is 0.0922. The number of fused-ring (bicyclic) bond motifs is 1. The van der Waals surface area contributed by atoms with Crippen molar-refractivity contribution in [2.45, 2.75) is 42.4 Å². The molecule has 0 saturated carbocycles. The van der Waals surface area contributed by atoms with Crippen molar-refractivity contribution in [3.8, 4) is 0 Å². The zero-order valence-electron chi connectivity index (χ0n) is 16.8. The van der Waals surface area contributed by atoms with Crippen molar-refractivity contribution in [2.75, 3.05) is 0 Å². The van der Waals surface area contributed by atoms with E-state index in [9.17, 15) is 4.79 Å². The van der Waals surface area contributed by atoms with Crippen LogP contribution in [-0.4, -0.2) is 16.7 Å². The molecular formula is C25H23NO3S. The molecule has 1 heterocycles. The highest BCUT2D eigenvalue weighted by atomic mass is 32.2. The average molecular weight is 418 g/mol. The van der Waals surface area contributed by atoms with E-state index in [4.69, 9.17) is 9.62 Å². The van der Waals surface area contributed by atoms with Crippen LogP contribution in [0.2, 0.25) is 0 Å². The molecule has 1 aliphatic rings. The first-order valence-electron chi connectivity index (χ1n) is 10.1. The lowest BCUT2D eigenvalue weighted by Gasteiger charge is -2.06. The molecule has 0 fully saturated rings. The number of rotatable bonds is 7. The number of nitrogens with zero attached hydrogens (tertiary/aromatic N) is 1. The van der Waals surface area contributed by atoms with Crippen molar-refractivity contribution in [2.24, 2.45) is 5.16 Å². The molecule has 1 N–H and O–H groups in total. The molecule has 0 amide bonds. The van der Waals surface area contributed by atoms with E-state index < -0.39 is 0 Å². The number of hydrogen-bond acceptors (Lipinski definition) is 5. The van der Waals surface area contributed by atoms with Gasteiger partial charge in [0.05, 0.1) is 5.71 Å². The zero-order valence-corrected chi connectivity index (χ0v) is 17.6. The quantitative estimate of drug-likeness (QED) is 0.204. The van der Waals surface area contributed by atoms with Crippen molar-refractivity contribution in [3.63, 3.8) is 0 Å². The SMILES string of the molecule is CCC/C(=N\O)c1ccc(Sc2ccc(C(=O)c3cc4c(o3)CCC=C4)cc2)cc1. The molecule has 2 aromatic carbocycles. The van der Waals surface area contributed by atoms with Crippen molar-refractivity contribution in [1.29, 1.82) is 0 Å². The number of oxime groups is 1. The molecule has 4 rings (SSSR count). The molecule has 4 nitrogen and oxygen atoms in total. The third kappa shape index (κ3) is 4.41. The second kappa shape index (κ2) is 9.18. The summed E-state index contributed by atoms with van der Waals surface area (Å²) in [5.41, 5.74) is 3.26. The van der Waals surface area contributed by atoms with Crippen LogP contribution in [-0.2, 0) is 6.42 Å². The van der Waals surface area contributed by atoms with Gasteiger partial charge in [-0.05, 0) is 60.9 Å². The molecule has 3 aromatic rings. The van der Waals surface area contributed by atoms with Gasteiger partial charge in [0.1, 0.15) is 5.76 Å². The van der Waals surface area contributed by atoms with Crippen LogP contribution in [0.1, 0.15) is 59.2 Å². The Kier molecular flexibility index (Phi) is 6.19. The number of allylic oxidation sites excluding steroid dienone is 1. The van der Waals surface area contributed by atoms with E-state index in [1.165, 1.54) is 0 Å². The van der Waals surface area contributed by atoms with Gasteiger partial charge < -0.3 is 9.62 Å². The van der Waals surface area contributed by atoms with Gasteiger partial charge in [0, 0.05) is 27.3 Å². The molecule has 0 spiro atoms. The van der Waals surface area contributed by atoms with Gasteiger partial charge in [0.2, 0.25) is 5.78 Å². The summed E-state index contributed by atoms with van der Waals surface area (Å²) >= 11 is 1.62. The van der Waals surface area contributed by atoms with Crippen LogP contribution in [0.25, 0.3) is 6.08 Å². The molecule has 0 saturated heterocycles. The van der Waals surface area contributed by atoms with Gasteiger partial charge in [-0.25, -0.2) is 0 Å². The van der Waals surface area contributed by atoms with Gasteiger partial charge in [-0.2, -0.15) is 0 Å². The van der Waals surface area contributed by atoms with E-state index in [0.29, 0.717) is 17.0 Å². The van der Waals surface area contributed by atoms with Crippen LogP contribution in [0.5, 0.6) is 0 Å². The van der Waals surface area contributed by atoms with Gasteiger partial charge in [-0.15, -0.1) is 0 Å². The largest absolute Gasteiger partial charge is 0.457 e. The summed E-state index contributed by atoms with van der Waals surface area (Å²) in [4.78, 5) is 14.9. The normalized spacial score (nSPS) is 13.3. The molecule has 0 radical (unpaired) electrons. The molecule has 1 aliphatic carbocycles. The van der Waals surface area contributed by atoms with E-state index in [-0.39, 0.29) is 5.78 Å². The summed E-state index contributed by atoms with van der Waals surface area (Å²) in [5, 5.41) is 12.6. The molecular weight excluding hydrogens is 394 g/mol. The molecule has 0 aliphatic heterocycles. The predicted molar refractivity (Wildman–Crippen MR) is 120 cm³/mol. The van der Waals surface area contributed by atoms with E-state index in [1.54, 1.807) is 11.8 Å². The summed E-state index contributed by atoms with van der Waals surface area (Å²) in [6.45, 7) is 2.06. The number of ketones is 1. The molecule has 1 aromatic heterocycles. The Morgan fingerprint density at radius 1 is 1.07 bits per heavy atom.